The molecule has 2 unspecified atom stereocenters. The maximum absolute atomic E-state index is 13.5. The number of hydrogen-bond donors (Lipinski definition) is 2. The maximum Gasteiger partial charge on any atom is 0.242 e. The van der Waals surface area contributed by atoms with E-state index in [4.69, 9.17) is 0 Å². The van der Waals surface area contributed by atoms with E-state index in [1.807, 2.05) is 31.2 Å². The lowest BCUT2D eigenvalue weighted by Crippen LogP contribution is -2.50. The Hall–Kier alpha value is -2.92. The SMILES string of the molecule is CC1(C)CC(NS(=O)(=O)c2cccc3cccnc23)CC(C)(CNS(=O)(=O)c2cccc3cccnc23)C1. The number of nitrogens with one attached hydrogen (secondary N) is 2. The molecule has 2 N–H and O–H groups in total. The molecule has 4 aromatic rings. The van der Waals surface area contributed by atoms with Crippen LogP contribution < -0.4 is 9.44 Å². The van der Waals surface area contributed by atoms with Crippen LogP contribution in [0.3, 0.4) is 0 Å². The summed E-state index contributed by atoms with van der Waals surface area (Å²) in [4.78, 5) is 8.87. The Morgan fingerprint density at radius 3 is 1.87 bits per heavy atom. The highest BCUT2D eigenvalue weighted by Gasteiger charge is 2.43. The molecule has 1 fully saturated rings. The van der Waals surface area contributed by atoms with Gasteiger partial charge in [0.2, 0.25) is 20.0 Å². The summed E-state index contributed by atoms with van der Waals surface area (Å²) in [6.45, 7) is 6.37. The second-order valence-electron chi connectivity index (χ2n) is 11.4. The van der Waals surface area contributed by atoms with Crippen LogP contribution in [-0.4, -0.2) is 39.4 Å². The third-order valence-electron chi connectivity index (χ3n) is 7.22. The first-order valence-electron chi connectivity index (χ1n) is 12.6. The molecule has 1 aliphatic rings. The Bertz CT molecular complexity index is 1710. The van der Waals surface area contributed by atoms with Crippen LogP contribution >= 0.6 is 0 Å². The van der Waals surface area contributed by atoms with Gasteiger partial charge in [0.25, 0.3) is 0 Å². The van der Waals surface area contributed by atoms with Crippen molar-refractivity contribution in [2.75, 3.05) is 6.54 Å². The van der Waals surface area contributed by atoms with E-state index in [0.717, 1.165) is 17.2 Å². The number of rotatable bonds is 7. The summed E-state index contributed by atoms with van der Waals surface area (Å²) in [5, 5.41) is 1.50. The zero-order chi connectivity index (χ0) is 27.2. The highest BCUT2D eigenvalue weighted by molar-refractivity contribution is 7.90. The van der Waals surface area contributed by atoms with Crippen molar-refractivity contribution in [3.8, 4) is 0 Å². The number of para-hydroxylation sites is 2. The molecule has 10 heteroatoms. The summed E-state index contributed by atoms with van der Waals surface area (Å²) in [5.41, 5.74) is 0.170. The lowest BCUT2D eigenvalue weighted by atomic mass is 9.63. The zero-order valence-electron chi connectivity index (χ0n) is 21.7. The number of nitrogens with zero attached hydrogens (tertiary/aromatic N) is 2. The molecule has 0 aliphatic heterocycles. The summed E-state index contributed by atoms with van der Waals surface area (Å²) >= 11 is 0. The molecule has 8 nitrogen and oxygen atoms in total. The van der Waals surface area contributed by atoms with Gasteiger partial charge in [-0.3, -0.25) is 9.97 Å². The second kappa shape index (κ2) is 9.68. The molecule has 2 aromatic carbocycles. The molecule has 38 heavy (non-hydrogen) atoms. The van der Waals surface area contributed by atoms with E-state index < -0.39 is 25.5 Å². The molecule has 200 valence electrons. The van der Waals surface area contributed by atoms with E-state index in [-0.39, 0.29) is 27.8 Å². The van der Waals surface area contributed by atoms with Gasteiger partial charge in [-0.15, -0.1) is 0 Å². The molecule has 0 bridgehead atoms. The van der Waals surface area contributed by atoms with E-state index in [1.165, 1.54) is 0 Å². The lowest BCUT2D eigenvalue weighted by molar-refractivity contribution is 0.0821. The standard InChI is InChI=1S/C28H32N4O4S2/c1-27(2)16-22(32-38(35,36)24-13-5-9-21-11-7-15-30-26(21)24)17-28(3,18-27)19-31-37(33,34)23-12-4-8-20-10-6-14-29-25(20)23/h4-15,22,31-32H,16-19H2,1-3H3. The van der Waals surface area contributed by atoms with Gasteiger partial charge in [-0.25, -0.2) is 26.3 Å². The van der Waals surface area contributed by atoms with Crippen molar-refractivity contribution in [2.45, 2.75) is 55.9 Å². The van der Waals surface area contributed by atoms with Crippen LogP contribution in [0.25, 0.3) is 21.8 Å². The summed E-state index contributed by atoms with van der Waals surface area (Å²) in [7, 11) is -7.70. The Balaban J connectivity index is 1.38. The topological polar surface area (TPSA) is 118 Å². The molecule has 1 saturated carbocycles. The van der Waals surface area contributed by atoms with Gasteiger partial charge in [0.15, 0.2) is 0 Å². The number of fused-ring (bicyclic) bond motifs is 2. The fourth-order valence-electron chi connectivity index (χ4n) is 6.07. The van der Waals surface area contributed by atoms with Crippen molar-refractivity contribution in [2.24, 2.45) is 10.8 Å². The molecular formula is C28H32N4O4S2. The second-order valence-corrected chi connectivity index (χ2v) is 14.8. The summed E-state index contributed by atoms with van der Waals surface area (Å²) < 4.78 is 59.4. The van der Waals surface area contributed by atoms with Gasteiger partial charge in [-0.05, 0) is 54.4 Å². The van der Waals surface area contributed by atoms with E-state index in [1.54, 1.807) is 48.8 Å². The highest BCUT2D eigenvalue weighted by atomic mass is 32.2. The Labute approximate surface area is 224 Å². The van der Waals surface area contributed by atoms with Gasteiger partial charge >= 0.3 is 0 Å². The van der Waals surface area contributed by atoms with Crippen LogP contribution in [0.4, 0.5) is 0 Å². The normalized spacial score (nSPS) is 22.0. The van der Waals surface area contributed by atoms with Gasteiger partial charge in [0.05, 0.1) is 11.0 Å². The molecule has 2 atom stereocenters. The van der Waals surface area contributed by atoms with Crippen LogP contribution in [0, 0.1) is 10.8 Å². The zero-order valence-corrected chi connectivity index (χ0v) is 23.3. The first kappa shape index (κ1) is 26.7. The molecule has 5 rings (SSSR count). The third-order valence-corrected chi connectivity index (χ3v) is 10.2. The van der Waals surface area contributed by atoms with Crippen LogP contribution in [0.5, 0.6) is 0 Å². The lowest BCUT2D eigenvalue weighted by Gasteiger charge is -2.46. The molecule has 1 aliphatic carbocycles. The van der Waals surface area contributed by atoms with Crippen LogP contribution in [-0.2, 0) is 20.0 Å². The fourth-order valence-corrected chi connectivity index (χ4v) is 8.86. The van der Waals surface area contributed by atoms with E-state index in [0.29, 0.717) is 23.9 Å². The van der Waals surface area contributed by atoms with Crippen molar-refractivity contribution in [1.82, 2.24) is 19.4 Å². The average Bonchev–Trinajstić information content (AvgIpc) is 2.85. The van der Waals surface area contributed by atoms with Gasteiger partial charge in [0, 0.05) is 35.8 Å². The van der Waals surface area contributed by atoms with Gasteiger partial charge in [0.1, 0.15) is 9.79 Å². The predicted octanol–water partition coefficient (Wildman–Crippen LogP) is 4.62. The number of benzene rings is 2. The van der Waals surface area contributed by atoms with E-state index >= 15 is 0 Å². The summed E-state index contributed by atoms with van der Waals surface area (Å²) in [5.74, 6) is 0. The number of aromatic nitrogens is 2. The smallest absolute Gasteiger partial charge is 0.242 e. The Morgan fingerprint density at radius 2 is 1.29 bits per heavy atom. The highest BCUT2D eigenvalue weighted by Crippen LogP contribution is 2.46. The summed E-state index contributed by atoms with van der Waals surface area (Å²) in [6, 6.07) is 17.0. The summed E-state index contributed by atoms with van der Waals surface area (Å²) in [6.07, 6.45) is 5.03. The molecular weight excluding hydrogens is 520 g/mol. The maximum atomic E-state index is 13.5. The first-order valence-corrected chi connectivity index (χ1v) is 15.5. The van der Waals surface area contributed by atoms with E-state index in [9.17, 15) is 16.8 Å². The first-order chi connectivity index (χ1) is 17.9. The minimum absolute atomic E-state index is 0.134. The fraction of sp³-hybridized carbons (Fsp3) is 0.357. The predicted molar refractivity (Wildman–Crippen MR) is 149 cm³/mol. The number of sulfonamides is 2. The number of pyridine rings is 2. The van der Waals surface area contributed by atoms with Crippen LogP contribution in [0.2, 0.25) is 0 Å². The Kier molecular flexibility index (Phi) is 6.79. The van der Waals surface area contributed by atoms with Gasteiger partial charge in [-0.2, -0.15) is 0 Å². The van der Waals surface area contributed by atoms with Crippen molar-refractivity contribution >= 4 is 41.9 Å². The van der Waals surface area contributed by atoms with Crippen molar-refractivity contribution in [3.63, 3.8) is 0 Å². The van der Waals surface area contributed by atoms with Crippen LogP contribution in [0.1, 0.15) is 40.0 Å². The molecule has 0 radical (unpaired) electrons. The quantitative estimate of drug-likeness (QED) is 0.345. The molecule has 0 amide bonds. The van der Waals surface area contributed by atoms with Crippen LogP contribution in [0.15, 0.2) is 82.8 Å². The van der Waals surface area contributed by atoms with Gasteiger partial charge < -0.3 is 0 Å². The minimum atomic E-state index is -3.86. The molecule has 2 aromatic heterocycles. The minimum Gasteiger partial charge on any atom is -0.255 e. The molecule has 0 saturated heterocycles. The van der Waals surface area contributed by atoms with Crippen molar-refractivity contribution in [1.29, 1.82) is 0 Å². The third kappa shape index (κ3) is 5.44. The largest absolute Gasteiger partial charge is 0.255 e. The van der Waals surface area contributed by atoms with Crippen molar-refractivity contribution < 1.29 is 16.8 Å². The van der Waals surface area contributed by atoms with E-state index in [2.05, 4.69) is 33.3 Å². The molecule has 0 spiro atoms. The monoisotopic (exact) mass is 552 g/mol. The van der Waals surface area contributed by atoms with Crippen molar-refractivity contribution in [3.05, 3.63) is 73.1 Å². The van der Waals surface area contributed by atoms with Gasteiger partial charge in [-0.1, -0.05) is 57.2 Å². The Morgan fingerprint density at radius 1 is 0.763 bits per heavy atom. The number of hydrogen-bond acceptors (Lipinski definition) is 6. The average molecular weight is 553 g/mol. The molecule has 2 heterocycles.